The van der Waals surface area contributed by atoms with Crippen LogP contribution in [0.5, 0.6) is 5.75 Å². The summed E-state index contributed by atoms with van der Waals surface area (Å²) < 4.78 is 5.31. The molecule has 0 aliphatic carbocycles. The van der Waals surface area contributed by atoms with E-state index in [0.29, 0.717) is 21.7 Å². The molecule has 106 valence electrons. The van der Waals surface area contributed by atoms with Gasteiger partial charge in [-0.2, -0.15) is 0 Å². The molecule has 4 nitrogen and oxygen atoms in total. The van der Waals surface area contributed by atoms with Crippen LogP contribution < -0.4 is 10.1 Å². The Labute approximate surface area is 128 Å². The molecule has 1 heterocycles. The lowest BCUT2D eigenvalue weighted by atomic mass is 10.2. The SMILES string of the molecule is COc1cc(Cl)c(C)cc1Nc1nc(C)c(C)nc1Cl. The number of hydrogen-bond donors (Lipinski definition) is 1. The highest BCUT2D eigenvalue weighted by Gasteiger charge is 2.12. The van der Waals surface area contributed by atoms with Crippen LogP contribution in [0.2, 0.25) is 10.2 Å². The zero-order valence-corrected chi connectivity index (χ0v) is 13.2. The van der Waals surface area contributed by atoms with Gasteiger partial charge in [0.15, 0.2) is 11.0 Å². The molecule has 1 aromatic carbocycles. The van der Waals surface area contributed by atoms with Gasteiger partial charge in [0.25, 0.3) is 0 Å². The Bertz CT molecular complexity index is 659. The molecule has 0 saturated heterocycles. The third-order valence-electron chi connectivity index (χ3n) is 3.00. The van der Waals surface area contributed by atoms with Crippen LogP contribution in [0.25, 0.3) is 0 Å². The van der Waals surface area contributed by atoms with E-state index in [1.807, 2.05) is 26.8 Å². The van der Waals surface area contributed by atoms with Gasteiger partial charge in [-0.15, -0.1) is 0 Å². The van der Waals surface area contributed by atoms with E-state index in [1.54, 1.807) is 13.2 Å². The molecule has 2 aromatic rings. The molecular weight excluding hydrogens is 297 g/mol. The van der Waals surface area contributed by atoms with Crippen molar-refractivity contribution in [2.45, 2.75) is 20.8 Å². The first-order valence-electron chi connectivity index (χ1n) is 6.04. The zero-order valence-electron chi connectivity index (χ0n) is 11.7. The number of nitrogens with zero attached hydrogens (tertiary/aromatic N) is 2. The lowest BCUT2D eigenvalue weighted by Gasteiger charge is -2.14. The third-order valence-corrected chi connectivity index (χ3v) is 3.67. The van der Waals surface area contributed by atoms with Crippen molar-refractivity contribution in [3.05, 3.63) is 39.3 Å². The molecule has 20 heavy (non-hydrogen) atoms. The number of anilines is 2. The van der Waals surface area contributed by atoms with Crippen LogP contribution in [0, 0.1) is 20.8 Å². The summed E-state index contributed by atoms with van der Waals surface area (Å²) in [5, 5.41) is 4.10. The number of hydrogen-bond acceptors (Lipinski definition) is 4. The maximum absolute atomic E-state index is 6.11. The van der Waals surface area contributed by atoms with Crippen molar-refractivity contribution >= 4 is 34.7 Å². The third kappa shape index (κ3) is 2.97. The zero-order chi connectivity index (χ0) is 14.9. The molecule has 0 amide bonds. The van der Waals surface area contributed by atoms with Gasteiger partial charge in [0.2, 0.25) is 0 Å². The molecule has 0 atom stereocenters. The molecule has 6 heteroatoms. The predicted molar refractivity (Wildman–Crippen MR) is 82.5 cm³/mol. The molecule has 0 unspecified atom stereocenters. The minimum atomic E-state index is 0.322. The van der Waals surface area contributed by atoms with Crippen molar-refractivity contribution in [2.75, 3.05) is 12.4 Å². The summed E-state index contributed by atoms with van der Waals surface area (Å²) >= 11 is 12.2. The van der Waals surface area contributed by atoms with Crippen molar-refractivity contribution in [1.82, 2.24) is 9.97 Å². The van der Waals surface area contributed by atoms with Gasteiger partial charge < -0.3 is 10.1 Å². The predicted octanol–water partition coefficient (Wildman–Crippen LogP) is 4.46. The van der Waals surface area contributed by atoms with Crippen LogP contribution in [-0.4, -0.2) is 17.1 Å². The summed E-state index contributed by atoms with van der Waals surface area (Å²) in [6.07, 6.45) is 0. The van der Waals surface area contributed by atoms with Crippen LogP contribution in [-0.2, 0) is 0 Å². The summed E-state index contributed by atoms with van der Waals surface area (Å²) in [7, 11) is 1.58. The Kier molecular flexibility index (Phi) is 4.35. The van der Waals surface area contributed by atoms with Crippen molar-refractivity contribution < 1.29 is 4.74 Å². The van der Waals surface area contributed by atoms with E-state index >= 15 is 0 Å². The van der Waals surface area contributed by atoms with Crippen LogP contribution in [0.15, 0.2) is 12.1 Å². The Morgan fingerprint density at radius 2 is 1.70 bits per heavy atom. The number of benzene rings is 1. The molecule has 0 aliphatic heterocycles. The van der Waals surface area contributed by atoms with Crippen LogP contribution in [0.1, 0.15) is 17.0 Å². The monoisotopic (exact) mass is 311 g/mol. The second-order valence-electron chi connectivity index (χ2n) is 4.46. The first-order chi connectivity index (χ1) is 9.42. The van der Waals surface area contributed by atoms with Crippen molar-refractivity contribution in [2.24, 2.45) is 0 Å². The minimum Gasteiger partial charge on any atom is -0.495 e. The van der Waals surface area contributed by atoms with Gasteiger partial charge in [-0.05, 0) is 32.4 Å². The van der Waals surface area contributed by atoms with E-state index in [2.05, 4.69) is 15.3 Å². The lowest BCUT2D eigenvalue weighted by molar-refractivity contribution is 0.416. The van der Waals surface area contributed by atoms with E-state index in [0.717, 1.165) is 22.6 Å². The fourth-order valence-corrected chi connectivity index (χ4v) is 2.08. The van der Waals surface area contributed by atoms with Crippen molar-refractivity contribution in [3.63, 3.8) is 0 Å². The average Bonchev–Trinajstić information content (AvgIpc) is 2.39. The highest BCUT2D eigenvalue weighted by Crippen LogP contribution is 2.34. The fourth-order valence-electron chi connectivity index (χ4n) is 1.71. The van der Waals surface area contributed by atoms with Gasteiger partial charge in [0, 0.05) is 11.1 Å². The molecule has 1 aromatic heterocycles. The molecule has 2 rings (SSSR count). The Morgan fingerprint density at radius 1 is 1.05 bits per heavy atom. The molecular formula is C14H15Cl2N3O. The highest BCUT2D eigenvalue weighted by molar-refractivity contribution is 6.32. The summed E-state index contributed by atoms with van der Waals surface area (Å²) in [6, 6.07) is 3.63. The average molecular weight is 312 g/mol. The van der Waals surface area contributed by atoms with Gasteiger partial charge in [0.1, 0.15) is 5.75 Å². The molecule has 1 N–H and O–H groups in total. The fraction of sp³-hybridized carbons (Fsp3) is 0.286. The van der Waals surface area contributed by atoms with E-state index in [9.17, 15) is 0 Å². The number of halogens is 2. The summed E-state index contributed by atoms with van der Waals surface area (Å²) in [6.45, 7) is 5.67. The minimum absolute atomic E-state index is 0.322. The molecule has 0 bridgehead atoms. The Hall–Kier alpha value is -1.52. The second kappa shape index (κ2) is 5.85. The van der Waals surface area contributed by atoms with Gasteiger partial charge in [-0.3, -0.25) is 0 Å². The summed E-state index contributed by atoms with van der Waals surface area (Å²) in [4.78, 5) is 8.64. The number of ether oxygens (including phenoxy) is 1. The molecule has 0 radical (unpaired) electrons. The summed E-state index contributed by atoms with van der Waals surface area (Å²) in [5.41, 5.74) is 3.30. The van der Waals surface area contributed by atoms with E-state index < -0.39 is 0 Å². The molecule has 0 saturated carbocycles. The first kappa shape index (κ1) is 14.9. The number of methoxy groups -OCH3 is 1. The van der Waals surface area contributed by atoms with Gasteiger partial charge in [0.05, 0.1) is 24.2 Å². The van der Waals surface area contributed by atoms with Crippen LogP contribution in [0.4, 0.5) is 11.5 Å². The van der Waals surface area contributed by atoms with Crippen molar-refractivity contribution in [3.8, 4) is 5.75 Å². The standard InChI is InChI=1S/C14H15Cl2N3O/c1-7-5-11(12(20-4)6-10(7)15)19-14-13(16)17-8(2)9(3)18-14/h5-6H,1-4H3,(H,18,19). The normalized spacial score (nSPS) is 10.5. The van der Waals surface area contributed by atoms with E-state index in [-0.39, 0.29) is 0 Å². The number of aromatic nitrogens is 2. The second-order valence-corrected chi connectivity index (χ2v) is 5.23. The summed E-state index contributed by atoms with van der Waals surface area (Å²) in [5.74, 6) is 1.12. The molecule has 0 aliphatic rings. The number of aryl methyl sites for hydroxylation is 3. The van der Waals surface area contributed by atoms with Gasteiger partial charge in [-0.1, -0.05) is 23.2 Å². The van der Waals surface area contributed by atoms with E-state index in [1.165, 1.54) is 0 Å². The molecule has 0 spiro atoms. The number of nitrogens with one attached hydrogen (secondary N) is 1. The van der Waals surface area contributed by atoms with Crippen molar-refractivity contribution in [1.29, 1.82) is 0 Å². The largest absolute Gasteiger partial charge is 0.495 e. The van der Waals surface area contributed by atoms with Gasteiger partial charge in [-0.25, -0.2) is 9.97 Å². The first-order valence-corrected chi connectivity index (χ1v) is 6.80. The smallest absolute Gasteiger partial charge is 0.172 e. The van der Waals surface area contributed by atoms with Crippen LogP contribution >= 0.6 is 23.2 Å². The maximum atomic E-state index is 6.11. The topological polar surface area (TPSA) is 47.0 Å². The Morgan fingerprint density at radius 3 is 2.35 bits per heavy atom. The van der Waals surface area contributed by atoms with Crippen LogP contribution in [0.3, 0.4) is 0 Å². The van der Waals surface area contributed by atoms with Gasteiger partial charge >= 0.3 is 0 Å². The number of rotatable bonds is 3. The maximum Gasteiger partial charge on any atom is 0.172 e. The lowest BCUT2D eigenvalue weighted by Crippen LogP contribution is -2.02. The Balaban J connectivity index is 2.44. The quantitative estimate of drug-likeness (QED) is 0.909. The highest BCUT2D eigenvalue weighted by atomic mass is 35.5. The molecule has 0 fully saturated rings. The van der Waals surface area contributed by atoms with E-state index in [4.69, 9.17) is 27.9 Å².